The lowest BCUT2D eigenvalue weighted by Gasteiger charge is -2.27. The Hall–Kier alpha value is -5.13. The molecule has 0 aliphatic carbocycles. The van der Waals surface area contributed by atoms with Gasteiger partial charge in [-0.2, -0.15) is 0 Å². The first-order valence-corrected chi connectivity index (χ1v) is 14.8. The Balaban J connectivity index is 1.81. The molecule has 4 amide bonds. The highest BCUT2D eigenvalue weighted by Gasteiger charge is 2.31. The van der Waals surface area contributed by atoms with E-state index in [1.54, 1.807) is 40.7 Å². The molecule has 45 heavy (non-hydrogen) atoms. The predicted octanol–water partition coefficient (Wildman–Crippen LogP) is 3.30. The number of aromatic nitrogens is 2. The quantitative estimate of drug-likeness (QED) is 0.189. The van der Waals surface area contributed by atoms with Gasteiger partial charge in [0.15, 0.2) is 0 Å². The van der Waals surface area contributed by atoms with Crippen molar-refractivity contribution in [3.63, 3.8) is 0 Å². The monoisotopic (exact) mass is 616 g/mol. The molecule has 0 fully saturated rings. The molecule has 4 N–H and O–H groups in total. The first-order valence-electron chi connectivity index (χ1n) is 14.8. The van der Waals surface area contributed by atoms with Crippen LogP contribution in [0, 0.1) is 11.8 Å². The van der Waals surface area contributed by atoms with E-state index >= 15 is 0 Å². The zero-order valence-corrected chi connectivity index (χ0v) is 26.1. The Bertz CT molecular complexity index is 1470. The number of ether oxygens (including phenoxy) is 1. The van der Waals surface area contributed by atoms with Crippen LogP contribution in [0.15, 0.2) is 67.1 Å². The number of benzene rings is 2. The fourth-order valence-corrected chi connectivity index (χ4v) is 4.28. The number of carbonyl (C=O) groups excluding carboxylic acids is 5. The summed E-state index contributed by atoms with van der Waals surface area (Å²) in [6.07, 6.45) is 5.12. The number of nitrogens with one attached hydrogen (secondary N) is 4. The summed E-state index contributed by atoms with van der Waals surface area (Å²) in [6.45, 7) is 9.07. The molecule has 0 radical (unpaired) electrons. The lowest BCUT2D eigenvalue weighted by atomic mass is 9.99. The van der Waals surface area contributed by atoms with E-state index in [-0.39, 0.29) is 35.4 Å². The lowest BCUT2D eigenvalue weighted by Crippen LogP contribution is -2.56. The predicted molar refractivity (Wildman–Crippen MR) is 168 cm³/mol. The molecule has 0 saturated carbocycles. The van der Waals surface area contributed by atoms with Crippen LogP contribution in [-0.4, -0.2) is 58.0 Å². The van der Waals surface area contributed by atoms with Crippen LogP contribution in [0.25, 0.3) is 0 Å². The molecule has 1 heterocycles. The van der Waals surface area contributed by atoms with Crippen molar-refractivity contribution < 1.29 is 28.7 Å². The Kier molecular flexibility index (Phi) is 12.7. The third kappa shape index (κ3) is 9.95. The first-order chi connectivity index (χ1) is 21.5. The summed E-state index contributed by atoms with van der Waals surface area (Å²) >= 11 is 0. The van der Waals surface area contributed by atoms with Gasteiger partial charge in [-0.1, -0.05) is 65.0 Å². The number of hydrogen-bond donors (Lipinski definition) is 4. The van der Waals surface area contributed by atoms with Gasteiger partial charge >= 0.3 is 0 Å². The lowest BCUT2D eigenvalue weighted by molar-refractivity contribution is -0.129. The van der Waals surface area contributed by atoms with Gasteiger partial charge in [-0.25, -0.2) is 4.98 Å². The summed E-state index contributed by atoms with van der Waals surface area (Å²) in [5, 5.41) is 10.8. The number of hydrogen-bond acceptors (Lipinski definition) is 8. The highest BCUT2D eigenvalue weighted by molar-refractivity contribution is 6.06. The van der Waals surface area contributed by atoms with Crippen molar-refractivity contribution in [3.05, 3.63) is 83.9 Å². The van der Waals surface area contributed by atoms with Crippen LogP contribution in [0.2, 0.25) is 0 Å². The number of carbonyl (C=O) groups is 5. The molecular weight excluding hydrogens is 576 g/mol. The highest BCUT2D eigenvalue weighted by atomic mass is 16.5. The Labute approximate surface area is 262 Å². The van der Waals surface area contributed by atoms with Gasteiger partial charge in [0.2, 0.25) is 11.8 Å². The van der Waals surface area contributed by atoms with Crippen LogP contribution < -0.4 is 26.0 Å². The molecule has 0 saturated heterocycles. The molecule has 12 nitrogen and oxygen atoms in total. The summed E-state index contributed by atoms with van der Waals surface area (Å²) in [4.78, 5) is 72.2. The van der Waals surface area contributed by atoms with Gasteiger partial charge in [0.25, 0.3) is 11.8 Å². The Morgan fingerprint density at radius 1 is 0.844 bits per heavy atom. The molecule has 12 heteroatoms. The number of amides is 4. The molecule has 0 bridgehead atoms. The molecule has 0 aliphatic heterocycles. The summed E-state index contributed by atoms with van der Waals surface area (Å²) < 4.78 is 5.89. The number of nitrogens with zero attached hydrogens (tertiary/aromatic N) is 2. The second-order valence-corrected chi connectivity index (χ2v) is 11.1. The van der Waals surface area contributed by atoms with Gasteiger partial charge in [-0.15, -0.1) is 0 Å². The maximum absolute atomic E-state index is 13.6. The van der Waals surface area contributed by atoms with Gasteiger partial charge < -0.3 is 30.8 Å². The van der Waals surface area contributed by atoms with E-state index < -0.39 is 41.8 Å². The van der Waals surface area contributed by atoms with Crippen molar-refractivity contribution in [1.82, 2.24) is 25.9 Å². The van der Waals surface area contributed by atoms with Crippen molar-refractivity contribution in [2.45, 2.75) is 65.8 Å². The highest BCUT2D eigenvalue weighted by Crippen LogP contribution is 2.24. The molecule has 0 spiro atoms. The topological polar surface area (TPSA) is 168 Å². The van der Waals surface area contributed by atoms with Crippen molar-refractivity contribution in [2.24, 2.45) is 11.8 Å². The van der Waals surface area contributed by atoms with Crippen LogP contribution in [0.5, 0.6) is 5.75 Å². The SMILES string of the molecule is CCC(C=O)NC(=O)c1cc(OCc2ccccc2)ccc1NC(=O)C(NC(=O)C(NC(=O)c1cnccn1)C(C)C)C(C)C. The molecule has 1 aromatic heterocycles. The van der Waals surface area contributed by atoms with Crippen molar-refractivity contribution in [2.75, 3.05) is 5.32 Å². The van der Waals surface area contributed by atoms with Crippen molar-refractivity contribution in [3.8, 4) is 5.75 Å². The Morgan fingerprint density at radius 3 is 2.13 bits per heavy atom. The van der Waals surface area contributed by atoms with Gasteiger partial charge in [0.05, 0.1) is 23.5 Å². The standard InChI is InChI=1S/C33H40N6O6/c1-6-23(18-40)36-30(41)25-16-24(45-19-22-10-8-7-9-11-22)12-13-26(25)37-32(43)28(20(2)3)39-33(44)29(21(4)5)38-31(42)27-17-34-14-15-35-27/h7-18,20-21,23,28-29H,6,19H2,1-5H3,(H,36,41)(H,37,43)(H,38,42)(H,39,44). The maximum Gasteiger partial charge on any atom is 0.272 e. The minimum Gasteiger partial charge on any atom is -0.489 e. The van der Waals surface area contributed by atoms with Crippen LogP contribution >= 0.6 is 0 Å². The average Bonchev–Trinajstić information content (AvgIpc) is 3.04. The molecule has 3 atom stereocenters. The second-order valence-electron chi connectivity index (χ2n) is 11.1. The van der Waals surface area contributed by atoms with E-state index in [2.05, 4.69) is 31.2 Å². The van der Waals surface area contributed by atoms with Crippen molar-refractivity contribution in [1.29, 1.82) is 0 Å². The van der Waals surface area contributed by atoms with Crippen LogP contribution in [0.3, 0.4) is 0 Å². The maximum atomic E-state index is 13.6. The normalized spacial score (nSPS) is 12.9. The second kappa shape index (κ2) is 16.6. The van der Waals surface area contributed by atoms with E-state index in [0.29, 0.717) is 18.5 Å². The summed E-state index contributed by atoms with van der Waals surface area (Å²) in [6, 6.07) is 11.4. The largest absolute Gasteiger partial charge is 0.489 e. The zero-order chi connectivity index (χ0) is 32.9. The van der Waals surface area contributed by atoms with E-state index in [9.17, 15) is 24.0 Å². The van der Waals surface area contributed by atoms with Gasteiger partial charge in [0, 0.05) is 12.4 Å². The molecule has 0 aliphatic rings. The first kappa shape index (κ1) is 34.4. The number of rotatable bonds is 15. The van der Waals surface area contributed by atoms with Gasteiger partial charge in [0.1, 0.15) is 36.4 Å². The minimum absolute atomic E-state index is 0.0518. The average molecular weight is 617 g/mol. The van der Waals surface area contributed by atoms with Crippen LogP contribution in [0.1, 0.15) is 67.4 Å². The fourth-order valence-electron chi connectivity index (χ4n) is 4.28. The summed E-state index contributed by atoms with van der Waals surface area (Å²) in [5.74, 6) is -2.58. The summed E-state index contributed by atoms with van der Waals surface area (Å²) in [7, 11) is 0. The smallest absolute Gasteiger partial charge is 0.272 e. The van der Waals surface area contributed by atoms with Crippen LogP contribution in [-0.2, 0) is 21.0 Å². The van der Waals surface area contributed by atoms with E-state index in [1.165, 1.54) is 30.7 Å². The van der Waals surface area contributed by atoms with E-state index in [1.807, 2.05) is 30.3 Å². The number of anilines is 1. The number of aldehydes is 1. The molecule has 3 rings (SSSR count). The zero-order valence-electron chi connectivity index (χ0n) is 26.1. The van der Waals surface area contributed by atoms with Gasteiger partial charge in [-0.3, -0.25) is 24.2 Å². The molecular formula is C33H40N6O6. The Morgan fingerprint density at radius 2 is 1.53 bits per heavy atom. The fraction of sp³-hybridized carbons (Fsp3) is 0.364. The van der Waals surface area contributed by atoms with Gasteiger partial charge in [-0.05, 0) is 42.0 Å². The molecule has 238 valence electrons. The third-order valence-corrected chi connectivity index (χ3v) is 6.94. The van der Waals surface area contributed by atoms with E-state index in [4.69, 9.17) is 4.74 Å². The minimum atomic E-state index is -1.02. The molecule has 2 aromatic carbocycles. The molecule has 3 unspecified atom stereocenters. The van der Waals surface area contributed by atoms with E-state index in [0.717, 1.165) is 5.56 Å². The summed E-state index contributed by atoms with van der Waals surface area (Å²) in [5.41, 5.74) is 1.23. The van der Waals surface area contributed by atoms with Crippen LogP contribution in [0.4, 0.5) is 5.69 Å². The van der Waals surface area contributed by atoms with Crippen molar-refractivity contribution >= 4 is 35.6 Å². The third-order valence-electron chi connectivity index (χ3n) is 6.94. The molecule has 3 aromatic rings.